The molecule has 7 nitrogen and oxygen atoms in total. The lowest BCUT2D eigenvalue weighted by molar-refractivity contribution is -0.124. The number of hydrogen-bond donors (Lipinski definition) is 1. The summed E-state index contributed by atoms with van der Waals surface area (Å²) in [4.78, 5) is 24.1. The summed E-state index contributed by atoms with van der Waals surface area (Å²) in [5.74, 6) is -1.09. The Morgan fingerprint density at radius 1 is 1.22 bits per heavy atom. The summed E-state index contributed by atoms with van der Waals surface area (Å²) in [5.41, 5.74) is 0.113. The van der Waals surface area contributed by atoms with E-state index in [1.54, 1.807) is 0 Å². The molecule has 1 aromatic rings. The Labute approximate surface area is 161 Å². The van der Waals surface area contributed by atoms with Crippen LogP contribution in [0.3, 0.4) is 0 Å². The monoisotopic (exact) mass is 396 g/mol. The molecule has 1 saturated heterocycles. The first-order chi connectivity index (χ1) is 12.8. The van der Waals surface area contributed by atoms with Gasteiger partial charge in [0.2, 0.25) is 10.0 Å². The average molecular weight is 397 g/mol. The van der Waals surface area contributed by atoms with Gasteiger partial charge in [-0.25, -0.2) is 13.2 Å². The fourth-order valence-electron chi connectivity index (χ4n) is 3.07. The molecule has 1 N–H and O–H groups in total. The third kappa shape index (κ3) is 6.04. The fraction of sp³-hybridized carbons (Fsp3) is 0.579. The first kappa shape index (κ1) is 21.4. The average Bonchev–Trinajstić information content (AvgIpc) is 2.67. The van der Waals surface area contributed by atoms with Crippen molar-refractivity contribution < 1.29 is 22.7 Å². The van der Waals surface area contributed by atoms with Crippen LogP contribution >= 0.6 is 0 Å². The summed E-state index contributed by atoms with van der Waals surface area (Å²) in [6.45, 7) is 4.50. The van der Waals surface area contributed by atoms with E-state index < -0.39 is 22.6 Å². The number of rotatable bonds is 8. The molecule has 1 aliphatic rings. The number of nitrogens with zero attached hydrogens (tertiary/aromatic N) is 1. The molecule has 1 amide bonds. The van der Waals surface area contributed by atoms with Gasteiger partial charge in [0.25, 0.3) is 5.91 Å². The quantitative estimate of drug-likeness (QED) is 0.681. The van der Waals surface area contributed by atoms with E-state index in [1.807, 2.05) is 13.8 Å². The van der Waals surface area contributed by atoms with Gasteiger partial charge in [-0.2, -0.15) is 4.31 Å². The first-order valence-corrected chi connectivity index (χ1v) is 10.8. The topological polar surface area (TPSA) is 92.8 Å². The van der Waals surface area contributed by atoms with Crippen LogP contribution in [0.5, 0.6) is 0 Å². The summed E-state index contributed by atoms with van der Waals surface area (Å²) in [5, 5.41) is 2.75. The summed E-state index contributed by atoms with van der Waals surface area (Å²) >= 11 is 0. The fourth-order valence-corrected chi connectivity index (χ4v) is 4.64. The molecule has 1 atom stereocenters. The Kier molecular flexibility index (Phi) is 7.79. The van der Waals surface area contributed by atoms with Gasteiger partial charge in [-0.1, -0.05) is 25.8 Å². The van der Waals surface area contributed by atoms with E-state index in [-0.39, 0.29) is 22.4 Å². The van der Waals surface area contributed by atoms with E-state index >= 15 is 0 Å². The van der Waals surface area contributed by atoms with Crippen LogP contribution in [0.2, 0.25) is 0 Å². The smallest absolute Gasteiger partial charge is 0.338 e. The first-order valence-electron chi connectivity index (χ1n) is 9.41. The Balaban J connectivity index is 1.99. The Bertz CT molecular complexity index is 757. The summed E-state index contributed by atoms with van der Waals surface area (Å²) < 4.78 is 31.9. The van der Waals surface area contributed by atoms with Crippen LogP contribution in [0.15, 0.2) is 29.2 Å². The van der Waals surface area contributed by atoms with E-state index in [0.717, 1.165) is 32.1 Å². The minimum Gasteiger partial charge on any atom is -0.452 e. The Morgan fingerprint density at radius 3 is 2.59 bits per heavy atom. The van der Waals surface area contributed by atoms with E-state index in [0.29, 0.717) is 13.1 Å². The van der Waals surface area contributed by atoms with E-state index in [9.17, 15) is 18.0 Å². The maximum absolute atomic E-state index is 12.7. The number of nitrogens with one attached hydrogen (secondary N) is 1. The van der Waals surface area contributed by atoms with Gasteiger partial charge in [-0.3, -0.25) is 4.79 Å². The maximum atomic E-state index is 12.7. The van der Waals surface area contributed by atoms with Crippen molar-refractivity contribution in [3.8, 4) is 0 Å². The van der Waals surface area contributed by atoms with Gasteiger partial charge in [0.15, 0.2) is 6.61 Å². The molecule has 2 rings (SSSR count). The molecule has 0 aliphatic carbocycles. The van der Waals surface area contributed by atoms with Crippen molar-refractivity contribution in [1.29, 1.82) is 0 Å². The third-order valence-corrected chi connectivity index (χ3v) is 6.38. The molecular formula is C19H28N2O5S. The number of sulfonamides is 1. The van der Waals surface area contributed by atoms with Crippen molar-refractivity contribution in [2.45, 2.75) is 56.9 Å². The molecule has 1 aromatic carbocycles. The lowest BCUT2D eigenvalue weighted by atomic mass is 10.2. The second kappa shape index (κ2) is 9.85. The van der Waals surface area contributed by atoms with Crippen LogP contribution in [0.1, 0.15) is 56.3 Å². The summed E-state index contributed by atoms with van der Waals surface area (Å²) in [6, 6.07) is 5.79. The number of benzene rings is 1. The number of carbonyl (C=O) groups excluding carboxylic acids is 2. The molecule has 1 aliphatic heterocycles. The second-order valence-corrected chi connectivity index (χ2v) is 8.76. The highest BCUT2D eigenvalue weighted by atomic mass is 32.2. The van der Waals surface area contributed by atoms with Gasteiger partial charge in [0.1, 0.15) is 0 Å². The molecule has 1 unspecified atom stereocenters. The van der Waals surface area contributed by atoms with Gasteiger partial charge in [-0.05, 0) is 44.4 Å². The highest BCUT2D eigenvalue weighted by Gasteiger charge is 2.26. The van der Waals surface area contributed by atoms with Gasteiger partial charge < -0.3 is 10.1 Å². The predicted octanol–water partition coefficient (Wildman–Crippen LogP) is 2.32. The van der Waals surface area contributed by atoms with Crippen LogP contribution < -0.4 is 5.32 Å². The van der Waals surface area contributed by atoms with Crippen molar-refractivity contribution >= 4 is 21.9 Å². The summed E-state index contributed by atoms with van der Waals surface area (Å²) in [7, 11) is -3.63. The van der Waals surface area contributed by atoms with Crippen molar-refractivity contribution in [1.82, 2.24) is 9.62 Å². The lowest BCUT2D eigenvalue weighted by Gasteiger charge is -2.25. The molecule has 1 fully saturated rings. The zero-order chi connectivity index (χ0) is 19.9. The van der Waals surface area contributed by atoms with Crippen molar-refractivity contribution in [2.75, 3.05) is 19.7 Å². The second-order valence-electron chi connectivity index (χ2n) is 6.83. The standard InChI is InChI=1S/C19H28N2O5S/c1-3-8-15(2)20-18(22)14-26-19(23)16-9-7-10-17(13-16)27(24,25)21-11-5-4-6-12-21/h7,9-10,13,15H,3-6,8,11-12,14H2,1-2H3,(H,20,22). The van der Waals surface area contributed by atoms with Gasteiger partial charge >= 0.3 is 5.97 Å². The number of hydrogen-bond acceptors (Lipinski definition) is 5. The molecule has 0 saturated carbocycles. The van der Waals surface area contributed by atoms with Crippen LogP contribution in [0.4, 0.5) is 0 Å². The largest absolute Gasteiger partial charge is 0.452 e. The molecular weight excluding hydrogens is 368 g/mol. The number of amides is 1. The number of piperidine rings is 1. The molecule has 1 heterocycles. The zero-order valence-corrected chi connectivity index (χ0v) is 16.8. The maximum Gasteiger partial charge on any atom is 0.338 e. The summed E-state index contributed by atoms with van der Waals surface area (Å²) in [6.07, 6.45) is 4.49. The Hall–Kier alpha value is -1.93. The minimum absolute atomic E-state index is 0.0132. The number of carbonyl (C=O) groups is 2. The van der Waals surface area contributed by atoms with Crippen molar-refractivity contribution in [2.24, 2.45) is 0 Å². The van der Waals surface area contributed by atoms with Gasteiger partial charge in [0.05, 0.1) is 10.5 Å². The lowest BCUT2D eigenvalue weighted by Crippen LogP contribution is -2.36. The zero-order valence-electron chi connectivity index (χ0n) is 15.9. The number of ether oxygens (including phenoxy) is 1. The van der Waals surface area contributed by atoms with Gasteiger partial charge in [0, 0.05) is 19.1 Å². The molecule has 0 radical (unpaired) electrons. The van der Waals surface area contributed by atoms with Crippen molar-refractivity contribution in [3.05, 3.63) is 29.8 Å². The van der Waals surface area contributed by atoms with E-state index in [2.05, 4.69) is 5.32 Å². The molecule has 0 bridgehead atoms. The highest BCUT2D eigenvalue weighted by Crippen LogP contribution is 2.21. The SMILES string of the molecule is CCCC(C)NC(=O)COC(=O)c1cccc(S(=O)(=O)N2CCCCC2)c1. The van der Waals surface area contributed by atoms with Crippen LogP contribution in [0.25, 0.3) is 0 Å². The normalized spacial score (nSPS) is 16.5. The van der Waals surface area contributed by atoms with Crippen LogP contribution in [0, 0.1) is 0 Å². The predicted molar refractivity (Wildman–Crippen MR) is 102 cm³/mol. The number of esters is 1. The third-order valence-electron chi connectivity index (χ3n) is 4.49. The minimum atomic E-state index is -3.63. The van der Waals surface area contributed by atoms with Crippen LogP contribution in [-0.2, 0) is 19.6 Å². The van der Waals surface area contributed by atoms with Crippen molar-refractivity contribution in [3.63, 3.8) is 0 Å². The molecule has 27 heavy (non-hydrogen) atoms. The molecule has 150 valence electrons. The molecule has 8 heteroatoms. The van der Waals surface area contributed by atoms with Crippen LogP contribution in [-0.4, -0.2) is 50.3 Å². The highest BCUT2D eigenvalue weighted by molar-refractivity contribution is 7.89. The Morgan fingerprint density at radius 2 is 1.93 bits per heavy atom. The molecule has 0 spiro atoms. The molecule has 0 aromatic heterocycles. The van der Waals surface area contributed by atoms with E-state index in [1.165, 1.54) is 28.6 Å². The van der Waals surface area contributed by atoms with E-state index in [4.69, 9.17) is 4.74 Å². The van der Waals surface area contributed by atoms with Gasteiger partial charge in [-0.15, -0.1) is 0 Å².